The molecular formula is C30H34O2. The molecular weight excluding hydrogens is 392 g/mol. The van der Waals surface area contributed by atoms with E-state index in [4.69, 9.17) is 9.47 Å². The Bertz CT molecular complexity index is 1130. The first kappa shape index (κ1) is 22.2. The lowest BCUT2D eigenvalue weighted by molar-refractivity contribution is 0.411. The van der Waals surface area contributed by atoms with Gasteiger partial charge in [0.25, 0.3) is 0 Å². The lowest BCUT2D eigenvalue weighted by atomic mass is 9.94. The highest BCUT2D eigenvalue weighted by molar-refractivity contribution is 5.96. The number of aryl methyl sites for hydroxylation is 2. The van der Waals surface area contributed by atoms with Crippen molar-refractivity contribution in [3.63, 3.8) is 0 Å². The van der Waals surface area contributed by atoms with Crippen molar-refractivity contribution in [3.8, 4) is 22.6 Å². The number of benzene rings is 4. The monoisotopic (exact) mass is 426 g/mol. The van der Waals surface area contributed by atoms with E-state index in [-0.39, 0.29) is 0 Å². The van der Waals surface area contributed by atoms with Gasteiger partial charge in [0, 0.05) is 11.1 Å². The van der Waals surface area contributed by atoms with Gasteiger partial charge in [0.05, 0.1) is 14.2 Å². The molecule has 0 saturated heterocycles. The third-order valence-corrected chi connectivity index (χ3v) is 6.37. The lowest BCUT2D eigenvalue weighted by Crippen LogP contribution is -1.94. The summed E-state index contributed by atoms with van der Waals surface area (Å²) in [6, 6.07) is 22.4. The van der Waals surface area contributed by atoms with Crippen LogP contribution in [0.4, 0.5) is 0 Å². The van der Waals surface area contributed by atoms with Gasteiger partial charge in [-0.3, -0.25) is 0 Å². The summed E-state index contributed by atoms with van der Waals surface area (Å²) in [4.78, 5) is 0. The Morgan fingerprint density at radius 3 is 1.34 bits per heavy atom. The van der Waals surface area contributed by atoms with Crippen LogP contribution in [0, 0.1) is 0 Å². The first-order chi connectivity index (χ1) is 15.7. The molecule has 0 N–H and O–H groups in total. The molecule has 0 aliphatic heterocycles. The summed E-state index contributed by atoms with van der Waals surface area (Å²) in [5, 5.41) is 4.88. The molecule has 0 radical (unpaired) electrons. The molecule has 166 valence electrons. The highest BCUT2D eigenvalue weighted by atomic mass is 16.5. The predicted molar refractivity (Wildman–Crippen MR) is 137 cm³/mol. The Morgan fingerprint density at radius 2 is 0.969 bits per heavy atom. The molecule has 0 fully saturated rings. The number of methoxy groups -OCH3 is 2. The number of hydrogen-bond donors (Lipinski definition) is 0. The fourth-order valence-electron chi connectivity index (χ4n) is 4.48. The molecule has 0 amide bonds. The molecule has 0 aromatic heterocycles. The van der Waals surface area contributed by atoms with Crippen LogP contribution in [0.2, 0.25) is 0 Å². The lowest BCUT2D eigenvalue weighted by Gasteiger charge is -2.16. The van der Waals surface area contributed by atoms with Crippen LogP contribution >= 0.6 is 0 Å². The van der Waals surface area contributed by atoms with Crippen molar-refractivity contribution in [1.82, 2.24) is 0 Å². The molecule has 0 unspecified atom stereocenters. The molecule has 0 aliphatic carbocycles. The third-order valence-electron chi connectivity index (χ3n) is 6.37. The van der Waals surface area contributed by atoms with E-state index in [1.165, 1.54) is 58.4 Å². The van der Waals surface area contributed by atoms with Crippen LogP contribution in [-0.4, -0.2) is 14.2 Å². The van der Waals surface area contributed by atoms with Crippen LogP contribution in [0.1, 0.15) is 50.7 Å². The van der Waals surface area contributed by atoms with Gasteiger partial charge in [-0.15, -0.1) is 0 Å². The summed E-state index contributed by atoms with van der Waals surface area (Å²) in [6.45, 7) is 4.47. The van der Waals surface area contributed by atoms with Gasteiger partial charge < -0.3 is 9.47 Å². The van der Waals surface area contributed by atoms with Gasteiger partial charge in [-0.1, -0.05) is 63.1 Å². The van der Waals surface area contributed by atoms with E-state index in [2.05, 4.69) is 74.5 Å². The molecule has 2 nitrogen and oxygen atoms in total. The summed E-state index contributed by atoms with van der Waals surface area (Å²) in [7, 11) is 3.50. The van der Waals surface area contributed by atoms with Crippen LogP contribution in [0.3, 0.4) is 0 Å². The molecule has 0 bridgehead atoms. The van der Waals surface area contributed by atoms with Gasteiger partial charge in [-0.25, -0.2) is 0 Å². The zero-order valence-corrected chi connectivity index (χ0v) is 19.8. The Morgan fingerprint density at radius 1 is 0.531 bits per heavy atom. The van der Waals surface area contributed by atoms with Gasteiger partial charge in [0.2, 0.25) is 0 Å². The molecule has 0 saturated carbocycles. The third kappa shape index (κ3) is 4.60. The maximum atomic E-state index is 5.85. The molecule has 2 heteroatoms. The van der Waals surface area contributed by atoms with E-state index in [0.29, 0.717) is 0 Å². The second-order valence-corrected chi connectivity index (χ2v) is 8.68. The molecule has 0 atom stereocenters. The van der Waals surface area contributed by atoms with Gasteiger partial charge in [-0.05, 0) is 82.6 Å². The fraction of sp³-hybridized carbons (Fsp3) is 0.333. The fourth-order valence-corrected chi connectivity index (χ4v) is 4.48. The normalized spacial score (nSPS) is 11.2. The van der Waals surface area contributed by atoms with Crippen molar-refractivity contribution >= 4 is 21.5 Å². The minimum atomic E-state index is 0.877. The Hall–Kier alpha value is -3.00. The number of hydrogen-bond acceptors (Lipinski definition) is 2. The van der Waals surface area contributed by atoms with E-state index in [1.807, 2.05) is 0 Å². The first-order valence-corrected chi connectivity index (χ1v) is 11.9. The standard InChI is InChI=1S/C30H34O2/c1-5-7-9-21-11-13-23-17-27(29(31-3)19-25(23)15-21)28-18-24-14-12-22(10-8-6-2)16-26(24)20-30(28)32-4/h11-20H,5-10H2,1-4H3. The molecule has 0 spiro atoms. The summed E-state index contributed by atoms with van der Waals surface area (Å²) in [5.41, 5.74) is 4.90. The SMILES string of the molecule is CCCCc1ccc2cc(-c3cc4ccc(CCCC)cc4cc3OC)c(OC)cc2c1. The summed E-state index contributed by atoms with van der Waals surface area (Å²) in [5.74, 6) is 1.75. The van der Waals surface area contributed by atoms with E-state index in [0.717, 1.165) is 35.5 Å². The van der Waals surface area contributed by atoms with Crippen LogP contribution in [0.15, 0.2) is 60.7 Å². The topological polar surface area (TPSA) is 18.5 Å². The Balaban J connectivity index is 1.81. The molecule has 0 heterocycles. The van der Waals surface area contributed by atoms with E-state index < -0.39 is 0 Å². The second-order valence-electron chi connectivity index (χ2n) is 8.68. The van der Waals surface area contributed by atoms with Crippen molar-refractivity contribution in [3.05, 3.63) is 71.8 Å². The Labute approximate surface area is 192 Å². The average Bonchev–Trinajstić information content (AvgIpc) is 2.84. The van der Waals surface area contributed by atoms with Crippen molar-refractivity contribution in [2.45, 2.75) is 52.4 Å². The average molecular weight is 427 g/mol. The minimum Gasteiger partial charge on any atom is -0.496 e. The quantitative estimate of drug-likeness (QED) is 0.268. The summed E-state index contributed by atoms with van der Waals surface area (Å²) >= 11 is 0. The van der Waals surface area contributed by atoms with E-state index in [9.17, 15) is 0 Å². The van der Waals surface area contributed by atoms with Crippen molar-refractivity contribution in [2.75, 3.05) is 14.2 Å². The maximum Gasteiger partial charge on any atom is 0.127 e. The summed E-state index contributed by atoms with van der Waals surface area (Å²) < 4.78 is 11.7. The van der Waals surface area contributed by atoms with Crippen molar-refractivity contribution < 1.29 is 9.47 Å². The van der Waals surface area contributed by atoms with Crippen LogP contribution in [-0.2, 0) is 12.8 Å². The van der Waals surface area contributed by atoms with Gasteiger partial charge in [-0.2, -0.15) is 0 Å². The van der Waals surface area contributed by atoms with Crippen LogP contribution in [0.5, 0.6) is 11.5 Å². The van der Waals surface area contributed by atoms with Crippen molar-refractivity contribution in [2.24, 2.45) is 0 Å². The summed E-state index contributed by atoms with van der Waals surface area (Å²) in [6.07, 6.45) is 7.10. The molecule has 4 rings (SSSR count). The largest absolute Gasteiger partial charge is 0.496 e. The zero-order chi connectivity index (χ0) is 22.5. The number of unbranched alkanes of at least 4 members (excludes halogenated alkanes) is 2. The van der Waals surface area contributed by atoms with Crippen molar-refractivity contribution in [1.29, 1.82) is 0 Å². The first-order valence-electron chi connectivity index (χ1n) is 11.9. The zero-order valence-electron chi connectivity index (χ0n) is 19.8. The molecule has 0 aliphatic rings. The number of rotatable bonds is 9. The molecule has 4 aromatic carbocycles. The second kappa shape index (κ2) is 10.1. The van der Waals surface area contributed by atoms with Gasteiger partial charge in [0.1, 0.15) is 11.5 Å². The number of ether oxygens (including phenoxy) is 2. The highest BCUT2D eigenvalue weighted by Gasteiger charge is 2.15. The maximum absolute atomic E-state index is 5.85. The molecule has 4 aromatic rings. The number of fused-ring (bicyclic) bond motifs is 2. The van der Waals surface area contributed by atoms with E-state index in [1.54, 1.807) is 14.2 Å². The van der Waals surface area contributed by atoms with Gasteiger partial charge in [0.15, 0.2) is 0 Å². The minimum absolute atomic E-state index is 0.877. The smallest absolute Gasteiger partial charge is 0.127 e. The molecule has 32 heavy (non-hydrogen) atoms. The van der Waals surface area contributed by atoms with Crippen LogP contribution in [0.25, 0.3) is 32.7 Å². The van der Waals surface area contributed by atoms with Crippen LogP contribution < -0.4 is 9.47 Å². The van der Waals surface area contributed by atoms with E-state index >= 15 is 0 Å². The highest BCUT2D eigenvalue weighted by Crippen LogP contribution is 2.41. The van der Waals surface area contributed by atoms with Gasteiger partial charge >= 0.3 is 0 Å². The predicted octanol–water partition coefficient (Wildman–Crippen LogP) is 8.36. The Kier molecular flexibility index (Phi) is 6.99.